The SMILES string of the molecule is CN(CC(F)(F)F)S(=O)(=O)NC(=O)c1cnc2ccc(N3CCCC3c3cc(F)ccc3F)cn12. The molecule has 3 heterocycles. The summed E-state index contributed by atoms with van der Waals surface area (Å²) in [5.74, 6) is -2.31. The molecule has 1 fully saturated rings. The normalized spacial score (nSPS) is 16.9. The monoisotopic (exact) mass is 517 g/mol. The lowest BCUT2D eigenvalue weighted by molar-refractivity contribution is -0.134. The highest BCUT2D eigenvalue weighted by Crippen LogP contribution is 2.37. The number of carbonyl (C=O) groups excluding carboxylic acids is 1. The summed E-state index contributed by atoms with van der Waals surface area (Å²) in [7, 11) is -4.09. The molecule has 1 saturated heterocycles. The molecule has 14 heteroatoms. The van der Waals surface area contributed by atoms with Crippen LogP contribution in [0.4, 0.5) is 27.6 Å². The van der Waals surface area contributed by atoms with Crippen LogP contribution in [0.3, 0.4) is 0 Å². The van der Waals surface area contributed by atoms with Crippen molar-refractivity contribution >= 4 is 27.5 Å². The Kier molecular flexibility index (Phi) is 6.44. The van der Waals surface area contributed by atoms with Crippen LogP contribution in [0, 0.1) is 11.6 Å². The van der Waals surface area contributed by atoms with E-state index in [-0.39, 0.29) is 21.2 Å². The Morgan fingerprint density at radius 3 is 2.69 bits per heavy atom. The van der Waals surface area contributed by atoms with Gasteiger partial charge in [0.1, 0.15) is 29.5 Å². The third-order valence-electron chi connectivity index (χ3n) is 5.66. The van der Waals surface area contributed by atoms with Crippen LogP contribution in [-0.2, 0) is 10.2 Å². The van der Waals surface area contributed by atoms with Crippen molar-refractivity contribution in [2.75, 3.05) is 25.0 Å². The first-order chi connectivity index (χ1) is 16.4. The number of pyridine rings is 1. The van der Waals surface area contributed by atoms with Gasteiger partial charge in [0, 0.05) is 25.4 Å². The maximum Gasteiger partial charge on any atom is 0.402 e. The number of nitrogens with zero attached hydrogens (tertiary/aromatic N) is 4. The van der Waals surface area contributed by atoms with Crippen LogP contribution in [0.2, 0.25) is 0 Å². The van der Waals surface area contributed by atoms with E-state index in [1.165, 1.54) is 10.6 Å². The molecule has 4 rings (SSSR count). The van der Waals surface area contributed by atoms with Crippen LogP contribution in [0.15, 0.2) is 42.7 Å². The van der Waals surface area contributed by atoms with E-state index >= 15 is 0 Å². The summed E-state index contributed by atoms with van der Waals surface area (Å²) in [5.41, 5.74) is 0.754. The number of benzene rings is 1. The predicted molar refractivity (Wildman–Crippen MR) is 116 cm³/mol. The molecule has 0 radical (unpaired) electrons. The Morgan fingerprint density at radius 1 is 1.23 bits per heavy atom. The number of carbonyl (C=O) groups is 1. The molecule has 2 aromatic heterocycles. The molecule has 0 spiro atoms. The Morgan fingerprint density at radius 2 is 1.97 bits per heavy atom. The summed E-state index contributed by atoms with van der Waals surface area (Å²) in [6.45, 7) is -1.27. The molecule has 0 aliphatic carbocycles. The maximum absolute atomic E-state index is 14.4. The summed E-state index contributed by atoms with van der Waals surface area (Å²) in [6, 6.07) is 5.97. The smallest absolute Gasteiger partial charge is 0.363 e. The van der Waals surface area contributed by atoms with Gasteiger partial charge in [-0.15, -0.1) is 0 Å². The maximum atomic E-state index is 14.4. The highest BCUT2D eigenvalue weighted by molar-refractivity contribution is 7.87. The molecule has 1 unspecified atom stereocenters. The van der Waals surface area contributed by atoms with Crippen LogP contribution in [-0.4, -0.2) is 54.3 Å². The van der Waals surface area contributed by atoms with E-state index in [4.69, 9.17) is 0 Å². The number of imidazole rings is 1. The zero-order chi connectivity index (χ0) is 25.5. The van der Waals surface area contributed by atoms with Crippen LogP contribution in [0.5, 0.6) is 0 Å². The lowest BCUT2D eigenvalue weighted by atomic mass is 10.0. The molecule has 1 aliphatic rings. The van der Waals surface area contributed by atoms with Crippen molar-refractivity contribution in [1.82, 2.24) is 18.4 Å². The minimum atomic E-state index is -4.79. The second-order valence-electron chi connectivity index (χ2n) is 8.08. The summed E-state index contributed by atoms with van der Waals surface area (Å²) < 4.78 is 93.1. The second-order valence-corrected chi connectivity index (χ2v) is 9.86. The largest absolute Gasteiger partial charge is 0.402 e. The topological polar surface area (TPSA) is 87.0 Å². The molecular formula is C21H20F5N5O3S. The van der Waals surface area contributed by atoms with Gasteiger partial charge in [0.25, 0.3) is 5.91 Å². The van der Waals surface area contributed by atoms with Crippen molar-refractivity contribution in [3.63, 3.8) is 0 Å². The van der Waals surface area contributed by atoms with Crippen molar-refractivity contribution in [3.05, 3.63) is 65.6 Å². The number of nitrogens with one attached hydrogen (secondary N) is 1. The Labute approximate surface area is 197 Å². The Hall–Kier alpha value is -3.26. The molecule has 3 aromatic rings. The number of fused-ring (bicyclic) bond motifs is 1. The minimum Gasteiger partial charge on any atom is -0.363 e. The lowest BCUT2D eigenvalue weighted by Gasteiger charge is -2.27. The van der Waals surface area contributed by atoms with Gasteiger partial charge < -0.3 is 4.90 Å². The molecule has 1 aromatic carbocycles. The number of alkyl halides is 3. The number of anilines is 1. The van der Waals surface area contributed by atoms with E-state index in [0.717, 1.165) is 24.4 Å². The predicted octanol–water partition coefficient (Wildman–Crippen LogP) is 3.42. The van der Waals surface area contributed by atoms with Crippen molar-refractivity contribution in [1.29, 1.82) is 0 Å². The van der Waals surface area contributed by atoms with Gasteiger partial charge in [-0.1, -0.05) is 0 Å². The van der Waals surface area contributed by atoms with Crippen LogP contribution in [0.25, 0.3) is 5.65 Å². The highest BCUT2D eigenvalue weighted by Gasteiger charge is 2.35. The Balaban J connectivity index is 1.63. The van der Waals surface area contributed by atoms with Gasteiger partial charge in [-0.05, 0) is 43.2 Å². The van der Waals surface area contributed by atoms with Gasteiger partial charge >= 0.3 is 16.4 Å². The zero-order valence-corrected chi connectivity index (χ0v) is 19.1. The summed E-state index contributed by atoms with van der Waals surface area (Å²) >= 11 is 0. The quantitative estimate of drug-likeness (QED) is 0.507. The third kappa shape index (κ3) is 5.22. The first-order valence-corrected chi connectivity index (χ1v) is 11.8. The van der Waals surface area contributed by atoms with Gasteiger partial charge in [0.2, 0.25) is 0 Å². The standard InChI is InChI=1S/C21H20F5N5O3S/c1-29(12-21(24,25)26)35(33,34)28-20(32)18-10-27-19-7-5-14(11-31(18)19)30-8-2-3-17(30)15-9-13(22)4-6-16(15)23/h4-7,9-11,17H,2-3,8,12H2,1H3,(H,28,32). The zero-order valence-electron chi connectivity index (χ0n) is 18.3. The van der Waals surface area contributed by atoms with Crippen LogP contribution >= 0.6 is 0 Å². The van der Waals surface area contributed by atoms with Crippen molar-refractivity contribution < 1.29 is 35.2 Å². The first-order valence-electron chi connectivity index (χ1n) is 10.4. The second kappa shape index (κ2) is 9.07. The number of halogens is 5. The molecule has 35 heavy (non-hydrogen) atoms. The highest BCUT2D eigenvalue weighted by atomic mass is 32.2. The molecule has 188 valence electrons. The van der Waals surface area contributed by atoms with Crippen molar-refractivity contribution in [2.24, 2.45) is 0 Å². The van der Waals surface area contributed by atoms with E-state index in [2.05, 4.69) is 4.98 Å². The summed E-state index contributed by atoms with van der Waals surface area (Å²) in [4.78, 5) is 18.5. The van der Waals surface area contributed by atoms with Crippen molar-refractivity contribution in [3.8, 4) is 0 Å². The fourth-order valence-electron chi connectivity index (χ4n) is 4.06. The van der Waals surface area contributed by atoms with E-state index in [1.54, 1.807) is 16.9 Å². The average Bonchev–Trinajstić information content (AvgIpc) is 3.40. The van der Waals surface area contributed by atoms with Crippen LogP contribution < -0.4 is 9.62 Å². The van der Waals surface area contributed by atoms with E-state index < -0.39 is 46.5 Å². The number of amides is 1. The molecule has 1 aliphatic heterocycles. The van der Waals surface area contributed by atoms with Crippen molar-refractivity contribution in [2.45, 2.75) is 25.1 Å². The first kappa shape index (κ1) is 24.9. The fraction of sp³-hybridized carbons (Fsp3) is 0.333. The molecule has 1 atom stereocenters. The summed E-state index contributed by atoms with van der Waals surface area (Å²) in [6.07, 6.45) is -0.975. The number of hydrogen-bond donors (Lipinski definition) is 1. The third-order valence-corrected chi connectivity index (χ3v) is 7.05. The van der Waals surface area contributed by atoms with Gasteiger partial charge in [0.15, 0.2) is 0 Å². The number of hydrogen-bond acceptors (Lipinski definition) is 5. The number of aromatic nitrogens is 2. The molecule has 0 bridgehead atoms. The Bertz CT molecular complexity index is 1380. The van der Waals surface area contributed by atoms with Gasteiger partial charge in [0.05, 0.1) is 17.9 Å². The molecule has 1 amide bonds. The molecule has 8 nitrogen and oxygen atoms in total. The van der Waals surface area contributed by atoms with Gasteiger partial charge in [-0.25, -0.2) is 18.5 Å². The number of rotatable bonds is 6. The molecular weight excluding hydrogens is 497 g/mol. The molecule has 1 N–H and O–H groups in total. The van der Waals surface area contributed by atoms with Crippen LogP contribution in [0.1, 0.15) is 34.9 Å². The fourth-order valence-corrected chi connectivity index (χ4v) is 4.87. The van der Waals surface area contributed by atoms with E-state index in [1.807, 2.05) is 4.90 Å². The minimum absolute atomic E-state index is 0.0259. The van der Waals surface area contributed by atoms with Gasteiger partial charge in [-0.3, -0.25) is 9.20 Å². The lowest BCUT2D eigenvalue weighted by Crippen LogP contribution is -2.45. The van der Waals surface area contributed by atoms with E-state index in [9.17, 15) is 35.2 Å². The average molecular weight is 517 g/mol. The molecule has 0 saturated carbocycles. The van der Waals surface area contributed by atoms with Gasteiger partial charge in [-0.2, -0.15) is 25.9 Å². The summed E-state index contributed by atoms with van der Waals surface area (Å²) in [5, 5.41) is 0. The van der Waals surface area contributed by atoms with E-state index in [0.29, 0.717) is 32.1 Å².